The van der Waals surface area contributed by atoms with Crippen LogP contribution in [-0.2, 0) is 14.3 Å². The zero-order valence-electron chi connectivity index (χ0n) is 20.8. The van der Waals surface area contributed by atoms with Crippen molar-refractivity contribution in [2.45, 2.75) is 26.0 Å². The molecule has 0 aromatic heterocycles. The van der Waals surface area contributed by atoms with Crippen LogP contribution in [0.4, 0.5) is 0 Å². The summed E-state index contributed by atoms with van der Waals surface area (Å²) in [6.07, 6.45) is -0.0133. The molecule has 1 fully saturated rings. The molecule has 35 heavy (non-hydrogen) atoms. The van der Waals surface area contributed by atoms with Crippen LogP contribution < -0.4 is 18.9 Å². The van der Waals surface area contributed by atoms with Gasteiger partial charge in [-0.15, -0.1) is 0 Å². The summed E-state index contributed by atoms with van der Waals surface area (Å²) in [7, 11) is 5.94. The second-order valence-corrected chi connectivity index (χ2v) is 8.13. The quantitative estimate of drug-likeness (QED) is 0.310. The van der Waals surface area contributed by atoms with Crippen molar-refractivity contribution < 1.29 is 38.4 Å². The summed E-state index contributed by atoms with van der Waals surface area (Å²) in [4.78, 5) is 27.5. The smallest absolute Gasteiger partial charge is 0.295 e. The van der Waals surface area contributed by atoms with Crippen molar-refractivity contribution >= 4 is 17.4 Å². The highest BCUT2D eigenvalue weighted by Gasteiger charge is 2.46. The number of likely N-dealkylation sites (tertiary alicyclic amines) is 1. The predicted molar refractivity (Wildman–Crippen MR) is 129 cm³/mol. The summed E-state index contributed by atoms with van der Waals surface area (Å²) in [5.74, 6) is -0.115. The molecule has 1 atom stereocenters. The van der Waals surface area contributed by atoms with E-state index in [9.17, 15) is 14.7 Å². The molecule has 9 heteroatoms. The van der Waals surface area contributed by atoms with Gasteiger partial charge in [-0.25, -0.2) is 0 Å². The van der Waals surface area contributed by atoms with E-state index in [1.54, 1.807) is 36.4 Å². The van der Waals surface area contributed by atoms with Gasteiger partial charge in [0.15, 0.2) is 11.5 Å². The Hall–Kier alpha value is -3.72. The first-order valence-electron chi connectivity index (χ1n) is 11.1. The van der Waals surface area contributed by atoms with E-state index in [0.29, 0.717) is 34.1 Å². The Morgan fingerprint density at radius 1 is 0.971 bits per heavy atom. The number of ketones is 1. The number of benzene rings is 2. The van der Waals surface area contributed by atoms with Gasteiger partial charge in [0.05, 0.1) is 45.7 Å². The third kappa shape index (κ3) is 5.19. The molecule has 1 heterocycles. The molecule has 2 aromatic rings. The fourth-order valence-corrected chi connectivity index (χ4v) is 4.03. The highest BCUT2D eigenvalue weighted by Crippen LogP contribution is 2.45. The van der Waals surface area contributed by atoms with Gasteiger partial charge < -0.3 is 33.7 Å². The molecule has 0 bridgehead atoms. The fourth-order valence-electron chi connectivity index (χ4n) is 4.03. The molecule has 1 aliphatic rings. The van der Waals surface area contributed by atoms with E-state index < -0.39 is 17.7 Å². The van der Waals surface area contributed by atoms with E-state index >= 15 is 0 Å². The van der Waals surface area contributed by atoms with Gasteiger partial charge in [0.25, 0.3) is 11.7 Å². The maximum absolute atomic E-state index is 13.2. The molecule has 1 unspecified atom stereocenters. The van der Waals surface area contributed by atoms with Crippen LogP contribution in [-0.4, -0.2) is 69.4 Å². The van der Waals surface area contributed by atoms with Gasteiger partial charge in [-0.1, -0.05) is 0 Å². The molecule has 1 aliphatic heterocycles. The van der Waals surface area contributed by atoms with Crippen LogP contribution in [0.5, 0.6) is 23.0 Å². The van der Waals surface area contributed by atoms with Gasteiger partial charge in [-0.05, 0) is 55.8 Å². The van der Waals surface area contributed by atoms with Crippen molar-refractivity contribution in [3.05, 3.63) is 53.1 Å². The lowest BCUT2D eigenvalue weighted by atomic mass is 9.94. The number of hydrogen-bond acceptors (Lipinski definition) is 8. The zero-order valence-corrected chi connectivity index (χ0v) is 20.8. The molecule has 1 N–H and O–H groups in total. The second kappa shape index (κ2) is 11.1. The molecule has 0 radical (unpaired) electrons. The predicted octanol–water partition coefficient (Wildman–Crippen LogP) is 3.57. The Kier molecular flexibility index (Phi) is 8.24. The first-order valence-corrected chi connectivity index (χ1v) is 11.1. The normalized spacial score (nSPS) is 17.1. The van der Waals surface area contributed by atoms with Crippen LogP contribution in [0, 0.1) is 0 Å². The Balaban J connectivity index is 2.19. The van der Waals surface area contributed by atoms with Crippen molar-refractivity contribution in [2.75, 3.05) is 41.6 Å². The molecule has 9 nitrogen and oxygen atoms in total. The first-order chi connectivity index (χ1) is 16.8. The van der Waals surface area contributed by atoms with E-state index in [1.165, 1.54) is 33.3 Å². The Morgan fingerprint density at radius 3 is 2.06 bits per heavy atom. The Morgan fingerprint density at radius 2 is 1.57 bits per heavy atom. The van der Waals surface area contributed by atoms with Crippen LogP contribution in [0.3, 0.4) is 0 Å². The van der Waals surface area contributed by atoms with E-state index in [-0.39, 0.29) is 30.6 Å². The first kappa shape index (κ1) is 25.9. The van der Waals surface area contributed by atoms with E-state index in [0.717, 1.165) is 0 Å². The monoisotopic (exact) mass is 485 g/mol. The average molecular weight is 486 g/mol. The van der Waals surface area contributed by atoms with Crippen LogP contribution in [0.2, 0.25) is 0 Å². The van der Waals surface area contributed by atoms with Gasteiger partial charge in [0.2, 0.25) is 5.75 Å². The number of carbonyl (C=O) groups excluding carboxylic acids is 2. The average Bonchev–Trinajstić information content (AvgIpc) is 3.10. The Bertz CT molecular complexity index is 1080. The third-order valence-electron chi connectivity index (χ3n) is 5.58. The van der Waals surface area contributed by atoms with Crippen molar-refractivity contribution in [1.82, 2.24) is 4.90 Å². The maximum Gasteiger partial charge on any atom is 0.295 e. The highest BCUT2D eigenvalue weighted by molar-refractivity contribution is 6.46. The maximum atomic E-state index is 13.2. The number of rotatable bonds is 10. The number of methoxy groups -OCH3 is 4. The molecular weight excluding hydrogens is 454 g/mol. The van der Waals surface area contributed by atoms with Gasteiger partial charge in [0, 0.05) is 19.2 Å². The molecule has 1 saturated heterocycles. The minimum absolute atomic E-state index is 0.0133. The number of amides is 1. The number of ether oxygens (including phenoxy) is 5. The van der Waals surface area contributed by atoms with E-state index in [2.05, 4.69) is 0 Å². The third-order valence-corrected chi connectivity index (χ3v) is 5.58. The van der Waals surface area contributed by atoms with Crippen LogP contribution in [0.1, 0.15) is 31.0 Å². The molecule has 0 spiro atoms. The fraction of sp³-hybridized carbons (Fsp3) is 0.385. The SMILES string of the molecule is COCCN1C(=O)C(=O)/C(=C(/O)c2ccc(OC(C)C)cc2)C1c1cc(OC)c(OC)c(OC)c1. The van der Waals surface area contributed by atoms with Gasteiger partial charge in [-0.2, -0.15) is 0 Å². The standard InChI is InChI=1S/C26H31NO8/c1-15(2)35-18-9-7-16(8-10-18)23(28)21-22(27(11-12-31-3)26(30)24(21)29)17-13-19(32-4)25(34-6)20(14-17)33-5/h7-10,13-15,22,28H,11-12H2,1-6H3/b23-21+. The molecule has 2 aromatic carbocycles. The van der Waals surface area contributed by atoms with Crippen molar-refractivity contribution in [2.24, 2.45) is 0 Å². The molecule has 3 rings (SSSR count). The molecule has 188 valence electrons. The summed E-state index contributed by atoms with van der Waals surface area (Å²) in [5.41, 5.74) is 0.845. The minimum Gasteiger partial charge on any atom is -0.507 e. The number of aliphatic hydroxyl groups excluding tert-OH is 1. The van der Waals surface area contributed by atoms with Gasteiger partial charge in [-0.3, -0.25) is 9.59 Å². The molecule has 1 amide bonds. The number of hydrogen-bond donors (Lipinski definition) is 1. The van der Waals surface area contributed by atoms with Gasteiger partial charge in [0.1, 0.15) is 11.5 Å². The topological polar surface area (TPSA) is 104 Å². The number of aliphatic hydroxyl groups is 1. The summed E-state index contributed by atoms with van der Waals surface area (Å²) in [6.45, 7) is 4.16. The molecular formula is C26H31NO8. The summed E-state index contributed by atoms with van der Waals surface area (Å²) < 4.78 is 27.1. The van der Waals surface area contributed by atoms with Crippen molar-refractivity contribution in [3.63, 3.8) is 0 Å². The number of Topliss-reactive ketones (excluding diaryl/α,β-unsaturated/α-hetero) is 1. The number of carbonyl (C=O) groups is 2. The van der Waals surface area contributed by atoms with Crippen molar-refractivity contribution in [3.8, 4) is 23.0 Å². The largest absolute Gasteiger partial charge is 0.507 e. The van der Waals surface area contributed by atoms with E-state index in [4.69, 9.17) is 23.7 Å². The van der Waals surface area contributed by atoms with Crippen molar-refractivity contribution in [1.29, 1.82) is 0 Å². The zero-order chi connectivity index (χ0) is 25.7. The second-order valence-electron chi connectivity index (χ2n) is 8.13. The molecule has 0 saturated carbocycles. The lowest BCUT2D eigenvalue weighted by molar-refractivity contribution is -0.140. The summed E-state index contributed by atoms with van der Waals surface area (Å²) in [5, 5.41) is 11.2. The molecule has 0 aliphatic carbocycles. The summed E-state index contributed by atoms with van der Waals surface area (Å²) in [6, 6.07) is 9.10. The lowest BCUT2D eigenvalue weighted by Crippen LogP contribution is -2.32. The Labute approximate surface area is 204 Å². The minimum atomic E-state index is -0.898. The van der Waals surface area contributed by atoms with Gasteiger partial charge >= 0.3 is 0 Å². The van der Waals surface area contributed by atoms with Crippen LogP contribution in [0.15, 0.2) is 42.0 Å². The number of nitrogens with zero attached hydrogens (tertiary/aromatic N) is 1. The van der Waals surface area contributed by atoms with Crippen LogP contribution in [0.25, 0.3) is 5.76 Å². The highest BCUT2D eigenvalue weighted by atomic mass is 16.5. The van der Waals surface area contributed by atoms with E-state index in [1.807, 2.05) is 13.8 Å². The van der Waals surface area contributed by atoms with Crippen LogP contribution >= 0.6 is 0 Å². The summed E-state index contributed by atoms with van der Waals surface area (Å²) >= 11 is 0. The lowest BCUT2D eigenvalue weighted by Gasteiger charge is -2.26.